The zero-order chi connectivity index (χ0) is 19.4. The number of methoxy groups -OCH3 is 1. The average molecular weight is 370 g/mol. The number of rotatable bonds is 5. The van der Waals surface area contributed by atoms with E-state index in [2.05, 4.69) is 10.1 Å². The van der Waals surface area contributed by atoms with Gasteiger partial charge >= 0.3 is 5.97 Å². The van der Waals surface area contributed by atoms with E-state index in [0.717, 1.165) is 5.56 Å². The normalized spacial score (nSPS) is 16.3. The predicted molar refractivity (Wildman–Crippen MR) is 96.3 cm³/mol. The van der Waals surface area contributed by atoms with Crippen LogP contribution in [-0.4, -0.2) is 36.3 Å². The van der Waals surface area contributed by atoms with Crippen LogP contribution in [0.5, 0.6) is 0 Å². The molecule has 0 aromatic heterocycles. The first-order valence-electron chi connectivity index (χ1n) is 8.47. The Labute approximate surface area is 155 Å². The van der Waals surface area contributed by atoms with Crippen molar-refractivity contribution >= 4 is 23.5 Å². The standard InChI is InChI=1S/C20H19FN2O4/c1-27-20(26)14-3-2-4-17(9-14)22-19(25)15-10-18(24)23(12-15)11-13-5-7-16(21)8-6-13/h2-9,15H,10-12H2,1H3,(H,22,25). The minimum Gasteiger partial charge on any atom is -0.465 e. The third-order valence-electron chi connectivity index (χ3n) is 4.42. The van der Waals surface area contributed by atoms with Crippen LogP contribution in [0.15, 0.2) is 48.5 Å². The summed E-state index contributed by atoms with van der Waals surface area (Å²) in [4.78, 5) is 37.9. The van der Waals surface area contributed by atoms with Crippen molar-refractivity contribution in [3.63, 3.8) is 0 Å². The molecule has 3 rings (SSSR count). The van der Waals surface area contributed by atoms with Gasteiger partial charge in [-0.1, -0.05) is 18.2 Å². The Hall–Kier alpha value is -3.22. The summed E-state index contributed by atoms with van der Waals surface area (Å²) in [6.45, 7) is 0.624. The molecule has 0 radical (unpaired) electrons. The Morgan fingerprint density at radius 1 is 1.22 bits per heavy atom. The van der Waals surface area contributed by atoms with E-state index >= 15 is 0 Å². The van der Waals surface area contributed by atoms with Crippen LogP contribution < -0.4 is 5.32 Å². The molecule has 0 spiro atoms. The van der Waals surface area contributed by atoms with Crippen LogP contribution in [0.25, 0.3) is 0 Å². The summed E-state index contributed by atoms with van der Waals surface area (Å²) in [6.07, 6.45) is 0.115. The lowest BCUT2D eigenvalue weighted by atomic mass is 10.1. The molecule has 1 aliphatic rings. The van der Waals surface area contributed by atoms with Crippen molar-refractivity contribution in [1.29, 1.82) is 0 Å². The van der Waals surface area contributed by atoms with Crippen molar-refractivity contribution in [1.82, 2.24) is 4.90 Å². The topological polar surface area (TPSA) is 75.7 Å². The monoisotopic (exact) mass is 370 g/mol. The van der Waals surface area contributed by atoms with Crippen molar-refractivity contribution < 1.29 is 23.5 Å². The molecule has 2 aromatic rings. The molecule has 140 valence electrons. The number of ether oxygens (including phenoxy) is 1. The van der Waals surface area contributed by atoms with Gasteiger partial charge in [-0.05, 0) is 35.9 Å². The molecule has 6 nitrogen and oxygen atoms in total. The van der Waals surface area contributed by atoms with Gasteiger partial charge in [0.15, 0.2) is 0 Å². The van der Waals surface area contributed by atoms with Crippen LogP contribution in [0.3, 0.4) is 0 Å². The van der Waals surface area contributed by atoms with Gasteiger partial charge in [0.25, 0.3) is 0 Å². The number of esters is 1. The van der Waals surface area contributed by atoms with Crippen LogP contribution in [0.1, 0.15) is 22.3 Å². The number of hydrogen-bond donors (Lipinski definition) is 1. The molecule has 1 N–H and O–H groups in total. The Morgan fingerprint density at radius 3 is 2.67 bits per heavy atom. The average Bonchev–Trinajstić information content (AvgIpc) is 3.04. The number of nitrogens with zero attached hydrogens (tertiary/aromatic N) is 1. The molecule has 0 bridgehead atoms. The van der Waals surface area contributed by atoms with E-state index in [1.165, 1.54) is 25.3 Å². The van der Waals surface area contributed by atoms with Crippen molar-refractivity contribution in [2.45, 2.75) is 13.0 Å². The van der Waals surface area contributed by atoms with Gasteiger partial charge in [0.1, 0.15) is 5.82 Å². The molecule has 2 amide bonds. The molecular formula is C20H19FN2O4. The smallest absolute Gasteiger partial charge is 0.337 e. The minimum absolute atomic E-state index is 0.115. The highest BCUT2D eigenvalue weighted by Gasteiger charge is 2.34. The fraction of sp³-hybridized carbons (Fsp3) is 0.250. The molecule has 1 unspecified atom stereocenters. The lowest BCUT2D eigenvalue weighted by molar-refractivity contribution is -0.128. The highest BCUT2D eigenvalue weighted by Crippen LogP contribution is 2.22. The second kappa shape index (κ2) is 7.99. The van der Waals surface area contributed by atoms with Crippen LogP contribution in [0.2, 0.25) is 0 Å². The van der Waals surface area contributed by atoms with Crippen molar-refractivity contribution in [2.24, 2.45) is 5.92 Å². The molecule has 7 heteroatoms. The summed E-state index contributed by atoms with van der Waals surface area (Å²) in [5.74, 6) is -1.72. The predicted octanol–water partition coefficient (Wildman–Crippen LogP) is 2.60. The van der Waals surface area contributed by atoms with Crippen molar-refractivity contribution in [2.75, 3.05) is 19.0 Å². The van der Waals surface area contributed by atoms with Crippen LogP contribution in [0, 0.1) is 11.7 Å². The molecule has 1 saturated heterocycles. The summed E-state index contributed by atoms with van der Waals surface area (Å²) in [6, 6.07) is 12.3. The van der Waals surface area contributed by atoms with Gasteiger partial charge in [-0.15, -0.1) is 0 Å². The summed E-state index contributed by atoms with van der Waals surface area (Å²) >= 11 is 0. The molecule has 0 saturated carbocycles. The summed E-state index contributed by atoms with van der Waals surface area (Å²) in [7, 11) is 1.29. The highest BCUT2D eigenvalue weighted by molar-refractivity contribution is 5.98. The maximum absolute atomic E-state index is 13.0. The quantitative estimate of drug-likeness (QED) is 0.821. The number of anilines is 1. The van der Waals surface area contributed by atoms with Crippen molar-refractivity contribution in [3.05, 3.63) is 65.5 Å². The third kappa shape index (κ3) is 4.49. The first-order valence-corrected chi connectivity index (χ1v) is 8.47. The molecule has 1 heterocycles. The Bertz CT molecular complexity index is 867. The zero-order valence-electron chi connectivity index (χ0n) is 14.8. The summed E-state index contributed by atoms with van der Waals surface area (Å²) < 4.78 is 17.7. The lowest BCUT2D eigenvalue weighted by Crippen LogP contribution is -2.28. The van der Waals surface area contributed by atoms with Gasteiger partial charge < -0.3 is 15.0 Å². The Morgan fingerprint density at radius 2 is 1.96 bits per heavy atom. The van der Waals surface area contributed by atoms with E-state index in [4.69, 9.17) is 0 Å². The van der Waals surface area contributed by atoms with Gasteiger partial charge in [-0.2, -0.15) is 0 Å². The van der Waals surface area contributed by atoms with E-state index in [-0.39, 0.29) is 24.1 Å². The number of likely N-dealkylation sites (tertiary alicyclic amines) is 1. The molecule has 2 aromatic carbocycles. The van der Waals surface area contributed by atoms with Gasteiger partial charge in [-0.25, -0.2) is 9.18 Å². The second-order valence-electron chi connectivity index (χ2n) is 6.36. The Balaban J connectivity index is 1.62. The van der Waals surface area contributed by atoms with E-state index in [1.807, 2.05) is 0 Å². The minimum atomic E-state index is -0.493. The van der Waals surface area contributed by atoms with E-state index in [0.29, 0.717) is 24.3 Å². The van der Waals surface area contributed by atoms with Crippen molar-refractivity contribution in [3.8, 4) is 0 Å². The van der Waals surface area contributed by atoms with Gasteiger partial charge in [-0.3, -0.25) is 9.59 Å². The molecular weight excluding hydrogens is 351 g/mol. The number of hydrogen-bond acceptors (Lipinski definition) is 4. The van der Waals surface area contributed by atoms with Gasteiger partial charge in [0.2, 0.25) is 11.8 Å². The molecule has 27 heavy (non-hydrogen) atoms. The SMILES string of the molecule is COC(=O)c1cccc(NC(=O)C2CC(=O)N(Cc3ccc(F)cc3)C2)c1. The number of carbonyl (C=O) groups excluding carboxylic acids is 3. The largest absolute Gasteiger partial charge is 0.465 e. The maximum Gasteiger partial charge on any atom is 0.337 e. The molecule has 0 aliphatic carbocycles. The third-order valence-corrected chi connectivity index (χ3v) is 4.42. The van der Waals surface area contributed by atoms with Crippen LogP contribution in [-0.2, 0) is 20.9 Å². The van der Waals surface area contributed by atoms with Gasteiger partial charge in [0, 0.05) is 25.2 Å². The molecule has 1 atom stereocenters. The van der Waals surface area contributed by atoms with E-state index in [9.17, 15) is 18.8 Å². The second-order valence-corrected chi connectivity index (χ2v) is 6.36. The first kappa shape index (κ1) is 18.6. The van der Waals surface area contributed by atoms with Gasteiger partial charge in [0.05, 0.1) is 18.6 Å². The van der Waals surface area contributed by atoms with Crippen LogP contribution in [0.4, 0.5) is 10.1 Å². The number of amides is 2. The summed E-state index contributed by atoms with van der Waals surface area (Å²) in [5.41, 5.74) is 1.60. The number of halogens is 1. The maximum atomic E-state index is 13.0. The number of carbonyl (C=O) groups is 3. The molecule has 1 fully saturated rings. The fourth-order valence-corrected chi connectivity index (χ4v) is 3.00. The van der Waals surface area contributed by atoms with Crippen LogP contribution >= 0.6 is 0 Å². The molecule has 1 aliphatic heterocycles. The van der Waals surface area contributed by atoms with E-state index < -0.39 is 11.9 Å². The summed E-state index contributed by atoms with van der Waals surface area (Å²) in [5, 5.41) is 2.74. The Kier molecular flexibility index (Phi) is 5.49. The van der Waals surface area contributed by atoms with E-state index in [1.54, 1.807) is 35.2 Å². The number of benzene rings is 2. The first-order chi connectivity index (χ1) is 13.0. The highest BCUT2D eigenvalue weighted by atomic mass is 19.1. The lowest BCUT2D eigenvalue weighted by Gasteiger charge is -2.17. The zero-order valence-corrected chi connectivity index (χ0v) is 14.8. The number of nitrogens with one attached hydrogen (secondary N) is 1. The fourth-order valence-electron chi connectivity index (χ4n) is 3.00.